The van der Waals surface area contributed by atoms with Crippen LogP contribution in [0, 0.1) is 0 Å². The summed E-state index contributed by atoms with van der Waals surface area (Å²) in [5, 5.41) is 3.08. The Morgan fingerprint density at radius 2 is 1.67 bits per heavy atom. The highest BCUT2D eigenvalue weighted by atomic mass is 16.4. The summed E-state index contributed by atoms with van der Waals surface area (Å²) in [5.41, 5.74) is 1.33. The van der Waals surface area contributed by atoms with E-state index in [-0.39, 0.29) is 0 Å². The Morgan fingerprint density at radius 1 is 1.17 bits per heavy atom. The van der Waals surface area contributed by atoms with Gasteiger partial charge in [0.15, 0.2) is 0 Å². The van der Waals surface area contributed by atoms with Crippen LogP contribution in [0.15, 0.2) is 30.3 Å². The average Bonchev–Trinajstić information content (AvgIpc) is 2.08. The molecule has 0 aromatic heterocycles. The summed E-state index contributed by atoms with van der Waals surface area (Å²) < 4.78 is 4.25. The van der Waals surface area contributed by atoms with E-state index in [0.29, 0.717) is 0 Å². The zero-order chi connectivity index (χ0) is 9.23. The maximum atomic E-state index is 4.25. The lowest BCUT2D eigenvalue weighted by Gasteiger charge is -1.95. The molecule has 1 aromatic carbocycles. The molecule has 0 amide bonds. The minimum Gasteiger partial charge on any atom is -0.388 e. The van der Waals surface area contributed by atoms with E-state index in [9.17, 15) is 0 Å². The summed E-state index contributed by atoms with van der Waals surface area (Å²) in [4.78, 5) is 0. The molecule has 0 aliphatic rings. The number of benzene rings is 1. The van der Waals surface area contributed by atoms with E-state index in [1.807, 2.05) is 25.2 Å². The normalized spacial score (nSPS) is 8.58. The number of rotatable bonds is 2. The molecule has 2 nitrogen and oxygen atoms in total. The van der Waals surface area contributed by atoms with Crippen molar-refractivity contribution in [2.24, 2.45) is 0 Å². The molecule has 0 unspecified atom stereocenters. The Morgan fingerprint density at radius 3 is 2.08 bits per heavy atom. The molecule has 0 saturated carbocycles. The summed E-state index contributed by atoms with van der Waals surface area (Å²) in [7, 11) is 5.20. The van der Waals surface area contributed by atoms with Crippen molar-refractivity contribution >= 4 is 0 Å². The molecule has 1 aromatic rings. The Kier molecular flexibility index (Phi) is 7.65. The van der Waals surface area contributed by atoms with Gasteiger partial charge >= 0.3 is 0 Å². The van der Waals surface area contributed by atoms with E-state index in [1.54, 1.807) is 14.2 Å². The van der Waals surface area contributed by atoms with Crippen LogP contribution in [0.1, 0.15) is 5.56 Å². The van der Waals surface area contributed by atoms with E-state index in [1.165, 1.54) is 5.56 Å². The highest BCUT2D eigenvalue weighted by Crippen LogP contribution is 1.95. The molecule has 12 heavy (non-hydrogen) atoms. The molecule has 0 atom stereocenters. The van der Waals surface area contributed by atoms with Crippen molar-refractivity contribution in [3.8, 4) is 0 Å². The second-order valence-corrected chi connectivity index (χ2v) is 2.42. The standard InChI is InChI=1S/C8H11N.C2H6O/c1-9-7-8-5-3-2-4-6-8;1-3-2/h2-6,9H,7H2,1H3;1-2H3. The van der Waals surface area contributed by atoms with E-state index in [4.69, 9.17) is 0 Å². The van der Waals surface area contributed by atoms with Crippen molar-refractivity contribution in [2.75, 3.05) is 21.3 Å². The van der Waals surface area contributed by atoms with Crippen molar-refractivity contribution in [1.29, 1.82) is 0 Å². The fraction of sp³-hybridized carbons (Fsp3) is 0.400. The number of hydrogen-bond acceptors (Lipinski definition) is 2. The minimum absolute atomic E-state index is 0.959. The van der Waals surface area contributed by atoms with Crippen LogP contribution in [0.5, 0.6) is 0 Å². The molecule has 0 aliphatic heterocycles. The first kappa shape index (κ1) is 11.1. The van der Waals surface area contributed by atoms with Crippen LogP contribution in [-0.2, 0) is 11.3 Å². The minimum atomic E-state index is 0.959. The monoisotopic (exact) mass is 167 g/mol. The number of ether oxygens (including phenoxy) is 1. The first-order chi connectivity index (χ1) is 5.85. The second-order valence-electron chi connectivity index (χ2n) is 2.42. The van der Waals surface area contributed by atoms with E-state index in [2.05, 4.69) is 22.2 Å². The summed E-state index contributed by atoms with van der Waals surface area (Å²) in [6.07, 6.45) is 0. The van der Waals surface area contributed by atoms with Gasteiger partial charge < -0.3 is 10.1 Å². The molecule has 0 bridgehead atoms. The molecule has 0 fully saturated rings. The van der Waals surface area contributed by atoms with Gasteiger partial charge in [-0.3, -0.25) is 0 Å². The summed E-state index contributed by atoms with van der Waals surface area (Å²) in [5.74, 6) is 0. The number of nitrogens with one attached hydrogen (secondary N) is 1. The maximum Gasteiger partial charge on any atom is 0.0351 e. The third-order valence-electron chi connectivity index (χ3n) is 1.22. The van der Waals surface area contributed by atoms with Gasteiger partial charge in [0.25, 0.3) is 0 Å². The second kappa shape index (κ2) is 8.24. The fourth-order valence-electron chi connectivity index (χ4n) is 0.800. The smallest absolute Gasteiger partial charge is 0.0351 e. The predicted molar refractivity (Wildman–Crippen MR) is 52.1 cm³/mol. The van der Waals surface area contributed by atoms with Crippen molar-refractivity contribution < 1.29 is 4.74 Å². The Labute approximate surface area is 74.6 Å². The quantitative estimate of drug-likeness (QED) is 0.723. The summed E-state index contributed by atoms with van der Waals surface area (Å²) >= 11 is 0. The molecule has 0 aliphatic carbocycles. The van der Waals surface area contributed by atoms with Gasteiger partial charge in [-0.15, -0.1) is 0 Å². The highest BCUT2D eigenvalue weighted by molar-refractivity contribution is 5.13. The number of hydrogen-bond donors (Lipinski definition) is 1. The lowest BCUT2D eigenvalue weighted by molar-refractivity contribution is 0.277. The summed E-state index contributed by atoms with van der Waals surface area (Å²) in [6.45, 7) is 0.959. The van der Waals surface area contributed by atoms with Crippen molar-refractivity contribution in [3.63, 3.8) is 0 Å². The molecule has 0 saturated heterocycles. The van der Waals surface area contributed by atoms with Crippen LogP contribution in [-0.4, -0.2) is 21.3 Å². The maximum absolute atomic E-state index is 4.25. The Hall–Kier alpha value is -0.860. The Balaban J connectivity index is 0.000000354. The topological polar surface area (TPSA) is 21.3 Å². The lowest BCUT2D eigenvalue weighted by atomic mass is 10.2. The van der Waals surface area contributed by atoms with Crippen LogP contribution >= 0.6 is 0 Å². The zero-order valence-electron chi connectivity index (χ0n) is 8.00. The van der Waals surface area contributed by atoms with Gasteiger partial charge in [0, 0.05) is 20.8 Å². The van der Waals surface area contributed by atoms with Gasteiger partial charge in [0.1, 0.15) is 0 Å². The van der Waals surface area contributed by atoms with E-state index in [0.717, 1.165) is 6.54 Å². The van der Waals surface area contributed by atoms with E-state index < -0.39 is 0 Å². The predicted octanol–water partition coefficient (Wildman–Crippen LogP) is 1.67. The van der Waals surface area contributed by atoms with Gasteiger partial charge in [-0.1, -0.05) is 30.3 Å². The van der Waals surface area contributed by atoms with Gasteiger partial charge in [-0.05, 0) is 12.6 Å². The van der Waals surface area contributed by atoms with Crippen LogP contribution in [0.25, 0.3) is 0 Å². The molecular formula is C10H17NO. The molecule has 1 N–H and O–H groups in total. The van der Waals surface area contributed by atoms with Crippen molar-refractivity contribution in [2.45, 2.75) is 6.54 Å². The van der Waals surface area contributed by atoms with Crippen molar-refractivity contribution in [1.82, 2.24) is 5.32 Å². The van der Waals surface area contributed by atoms with Crippen molar-refractivity contribution in [3.05, 3.63) is 35.9 Å². The molecule has 2 heteroatoms. The largest absolute Gasteiger partial charge is 0.388 e. The molecule has 0 radical (unpaired) electrons. The van der Waals surface area contributed by atoms with Crippen LogP contribution in [0.4, 0.5) is 0 Å². The first-order valence-electron chi connectivity index (χ1n) is 3.93. The van der Waals surface area contributed by atoms with E-state index >= 15 is 0 Å². The molecule has 0 heterocycles. The summed E-state index contributed by atoms with van der Waals surface area (Å²) in [6, 6.07) is 10.3. The SMILES string of the molecule is CNCc1ccccc1.COC. The van der Waals surface area contributed by atoms with Gasteiger partial charge in [-0.2, -0.15) is 0 Å². The van der Waals surface area contributed by atoms with Gasteiger partial charge in [-0.25, -0.2) is 0 Å². The lowest BCUT2D eigenvalue weighted by Crippen LogP contribution is -2.04. The first-order valence-corrected chi connectivity index (χ1v) is 3.93. The third kappa shape index (κ3) is 5.89. The molecule has 1 rings (SSSR count). The van der Waals surface area contributed by atoms with Crippen LogP contribution < -0.4 is 5.32 Å². The number of methoxy groups -OCH3 is 1. The highest BCUT2D eigenvalue weighted by Gasteiger charge is 1.83. The van der Waals surface area contributed by atoms with Gasteiger partial charge in [0.05, 0.1) is 0 Å². The third-order valence-corrected chi connectivity index (χ3v) is 1.22. The molecule has 68 valence electrons. The van der Waals surface area contributed by atoms with Gasteiger partial charge in [0.2, 0.25) is 0 Å². The average molecular weight is 167 g/mol. The Bertz CT molecular complexity index is 174. The van der Waals surface area contributed by atoms with Crippen LogP contribution in [0.2, 0.25) is 0 Å². The zero-order valence-corrected chi connectivity index (χ0v) is 8.00. The fourth-order valence-corrected chi connectivity index (χ4v) is 0.800. The molecular weight excluding hydrogens is 150 g/mol. The molecule has 0 spiro atoms. The van der Waals surface area contributed by atoms with Crippen LogP contribution in [0.3, 0.4) is 0 Å².